The van der Waals surface area contributed by atoms with Crippen LogP contribution in [0.3, 0.4) is 0 Å². The number of carboxylic acids is 1. The lowest BCUT2D eigenvalue weighted by atomic mass is 9.93. The van der Waals surface area contributed by atoms with Crippen molar-refractivity contribution < 1.29 is 23.8 Å². The first-order valence-corrected chi connectivity index (χ1v) is 7.89. The first-order chi connectivity index (χ1) is 12.0. The van der Waals surface area contributed by atoms with Crippen molar-refractivity contribution in [3.63, 3.8) is 0 Å². The number of amides is 1. The maximum absolute atomic E-state index is 13.3. The largest absolute Gasteiger partial charge is 0.480 e. The lowest BCUT2D eigenvalue weighted by molar-refractivity contribution is -0.142. The van der Waals surface area contributed by atoms with Crippen LogP contribution in [0.4, 0.5) is 4.39 Å². The second kappa shape index (κ2) is 7.02. The van der Waals surface area contributed by atoms with E-state index in [1.165, 1.54) is 12.1 Å². The minimum absolute atomic E-state index is 0.00160. The number of ether oxygens (including phenoxy) is 1. The van der Waals surface area contributed by atoms with Crippen molar-refractivity contribution in [1.29, 1.82) is 0 Å². The average Bonchev–Trinajstić information content (AvgIpc) is 2.58. The maximum atomic E-state index is 13.3. The van der Waals surface area contributed by atoms with Gasteiger partial charge in [0.1, 0.15) is 11.9 Å². The molecule has 0 bridgehead atoms. The molecule has 2 aromatic rings. The monoisotopic (exact) mass is 348 g/mol. The number of aromatic nitrogens is 1. The number of hydrogen-bond donors (Lipinski definition) is 3. The summed E-state index contributed by atoms with van der Waals surface area (Å²) < 4.78 is 18.6. The first kappa shape index (κ1) is 17.1. The SMILES string of the molecule is O=C(N[C@@H](C(=O)O)[C@H]1CCCOC1)c1cc(=O)[nH]c2cc(F)ccc12. The van der Waals surface area contributed by atoms with Gasteiger partial charge in [0.2, 0.25) is 5.56 Å². The molecule has 1 amide bonds. The van der Waals surface area contributed by atoms with Crippen LogP contribution >= 0.6 is 0 Å². The molecule has 2 heterocycles. The molecule has 0 saturated carbocycles. The highest BCUT2D eigenvalue weighted by atomic mass is 19.1. The molecule has 3 N–H and O–H groups in total. The summed E-state index contributed by atoms with van der Waals surface area (Å²) in [4.78, 5) is 38.3. The molecule has 25 heavy (non-hydrogen) atoms. The van der Waals surface area contributed by atoms with Gasteiger partial charge >= 0.3 is 5.97 Å². The van der Waals surface area contributed by atoms with Gasteiger partial charge in [-0.1, -0.05) is 0 Å². The van der Waals surface area contributed by atoms with E-state index in [0.29, 0.717) is 18.4 Å². The standard InChI is InChI=1S/C17H17FN2O5/c18-10-3-4-11-12(7-14(21)19-13(11)6-10)16(22)20-15(17(23)24)9-2-1-5-25-8-9/h3-4,6-7,9,15H,1-2,5,8H2,(H,19,21)(H,20,22)(H,23,24)/t9-,15+/m0/s1. The molecule has 2 atom stereocenters. The van der Waals surface area contributed by atoms with Crippen LogP contribution in [0.15, 0.2) is 29.1 Å². The van der Waals surface area contributed by atoms with Gasteiger partial charge in [0.05, 0.1) is 17.7 Å². The van der Waals surface area contributed by atoms with Crippen LogP contribution in [0.2, 0.25) is 0 Å². The number of nitrogens with one attached hydrogen (secondary N) is 2. The zero-order valence-corrected chi connectivity index (χ0v) is 13.3. The van der Waals surface area contributed by atoms with E-state index >= 15 is 0 Å². The molecule has 132 valence electrons. The second-order valence-electron chi connectivity index (χ2n) is 6.00. The normalized spacial score (nSPS) is 18.7. The van der Waals surface area contributed by atoms with E-state index in [0.717, 1.165) is 18.6 Å². The molecular weight excluding hydrogens is 331 g/mol. The van der Waals surface area contributed by atoms with Gasteiger partial charge in [-0.2, -0.15) is 0 Å². The molecule has 7 nitrogen and oxygen atoms in total. The Morgan fingerprint density at radius 3 is 2.84 bits per heavy atom. The number of benzene rings is 1. The van der Waals surface area contributed by atoms with Crippen LogP contribution in [0.1, 0.15) is 23.2 Å². The molecule has 1 aliphatic heterocycles. The lowest BCUT2D eigenvalue weighted by Gasteiger charge is -2.28. The van der Waals surface area contributed by atoms with Crippen LogP contribution in [0.25, 0.3) is 10.9 Å². The van der Waals surface area contributed by atoms with Crippen LogP contribution in [0, 0.1) is 11.7 Å². The molecular formula is C17H17FN2O5. The van der Waals surface area contributed by atoms with Crippen molar-refractivity contribution >= 4 is 22.8 Å². The summed E-state index contributed by atoms with van der Waals surface area (Å²) in [5, 5.41) is 12.2. The van der Waals surface area contributed by atoms with E-state index in [4.69, 9.17) is 4.74 Å². The molecule has 1 saturated heterocycles. The fraction of sp³-hybridized carbons (Fsp3) is 0.353. The molecule has 0 unspecified atom stereocenters. The number of carbonyl (C=O) groups excluding carboxylic acids is 1. The van der Waals surface area contributed by atoms with E-state index in [-0.39, 0.29) is 23.6 Å². The summed E-state index contributed by atoms with van der Waals surface area (Å²) in [6.45, 7) is 0.819. The van der Waals surface area contributed by atoms with Crippen molar-refractivity contribution in [2.75, 3.05) is 13.2 Å². The van der Waals surface area contributed by atoms with Crippen molar-refractivity contribution in [2.24, 2.45) is 5.92 Å². The Kier molecular flexibility index (Phi) is 4.80. The predicted molar refractivity (Wildman–Crippen MR) is 87.0 cm³/mol. The fourth-order valence-corrected chi connectivity index (χ4v) is 3.05. The van der Waals surface area contributed by atoms with Crippen molar-refractivity contribution in [1.82, 2.24) is 10.3 Å². The van der Waals surface area contributed by atoms with Crippen molar-refractivity contribution in [2.45, 2.75) is 18.9 Å². The average molecular weight is 348 g/mol. The zero-order valence-electron chi connectivity index (χ0n) is 13.3. The number of pyridine rings is 1. The number of hydrogen-bond acceptors (Lipinski definition) is 4. The number of carbonyl (C=O) groups is 2. The zero-order chi connectivity index (χ0) is 18.0. The van der Waals surface area contributed by atoms with Crippen LogP contribution < -0.4 is 10.9 Å². The summed E-state index contributed by atoms with van der Waals surface area (Å²) in [5.41, 5.74) is -0.400. The molecule has 0 radical (unpaired) electrons. The van der Waals surface area contributed by atoms with Gasteiger partial charge in [-0.3, -0.25) is 9.59 Å². The Morgan fingerprint density at radius 2 is 2.16 bits per heavy atom. The summed E-state index contributed by atoms with van der Waals surface area (Å²) in [6, 6.07) is 3.60. The maximum Gasteiger partial charge on any atom is 0.326 e. The number of rotatable bonds is 4. The second-order valence-corrected chi connectivity index (χ2v) is 6.00. The number of carboxylic acid groups (broad SMARTS) is 1. The minimum Gasteiger partial charge on any atom is -0.480 e. The van der Waals surface area contributed by atoms with Gasteiger partial charge in [0.25, 0.3) is 5.91 Å². The molecule has 0 spiro atoms. The van der Waals surface area contributed by atoms with Crippen LogP contribution in [-0.2, 0) is 9.53 Å². The van der Waals surface area contributed by atoms with Gasteiger partial charge in [-0.05, 0) is 31.0 Å². The van der Waals surface area contributed by atoms with Gasteiger partial charge in [-0.25, -0.2) is 9.18 Å². The Labute approximate surface area is 141 Å². The van der Waals surface area contributed by atoms with Crippen molar-refractivity contribution in [3.05, 3.63) is 46.0 Å². The summed E-state index contributed by atoms with van der Waals surface area (Å²) in [7, 11) is 0. The van der Waals surface area contributed by atoms with E-state index in [1.807, 2.05) is 0 Å². The fourth-order valence-electron chi connectivity index (χ4n) is 3.05. The number of H-pyrrole nitrogens is 1. The van der Waals surface area contributed by atoms with E-state index in [9.17, 15) is 23.9 Å². The topological polar surface area (TPSA) is 108 Å². The number of aliphatic carboxylic acids is 1. The molecule has 0 aliphatic carbocycles. The molecule has 1 aliphatic rings. The Bertz CT molecular complexity index is 873. The van der Waals surface area contributed by atoms with Gasteiger partial charge in [0, 0.05) is 24.0 Å². The highest BCUT2D eigenvalue weighted by Crippen LogP contribution is 2.20. The van der Waals surface area contributed by atoms with E-state index in [2.05, 4.69) is 10.3 Å². The molecule has 8 heteroatoms. The van der Waals surface area contributed by atoms with Crippen molar-refractivity contribution in [3.8, 4) is 0 Å². The molecule has 1 aromatic carbocycles. The third-order valence-electron chi connectivity index (χ3n) is 4.27. The van der Waals surface area contributed by atoms with Gasteiger partial charge < -0.3 is 20.1 Å². The Hall–Kier alpha value is -2.74. The summed E-state index contributed by atoms with van der Waals surface area (Å²) in [6.07, 6.45) is 1.34. The lowest BCUT2D eigenvalue weighted by Crippen LogP contribution is -2.48. The number of fused-ring (bicyclic) bond motifs is 1. The predicted octanol–water partition coefficient (Wildman–Crippen LogP) is 1.28. The van der Waals surface area contributed by atoms with Crippen LogP contribution in [0.5, 0.6) is 0 Å². The molecule has 3 rings (SSSR count). The minimum atomic E-state index is -1.16. The van der Waals surface area contributed by atoms with Crippen LogP contribution in [-0.4, -0.2) is 41.2 Å². The van der Waals surface area contributed by atoms with Gasteiger partial charge in [-0.15, -0.1) is 0 Å². The molecule has 1 aromatic heterocycles. The third-order valence-corrected chi connectivity index (χ3v) is 4.27. The Morgan fingerprint density at radius 1 is 1.36 bits per heavy atom. The summed E-state index contributed by atoms with van der Waals surface area (Å²) >= 11 is 0. The summed E-state index contributed by atoms with van der Waals surface area (Å²) in [5.74, 6) is -2.76. The Balaban J connectivity index is 1.93. The van der Waals surface area contributed by atoms with E-state index < -0.39 is 29.3 Å². The number of halogens is 1. The first-order valence-electron chi connectivity index (χ1n) is 7.89. The quantitative estimate of drug-likeness (QED) is 0.771. The van der Waals surface area contributed by atoms with Gasteiger partial charge in [0.15, 0.2) is 0 Å². The third kappa shape index (κ3) is 3.69. The number of aromatic amines is 1. The smallest absolute Gasteiger partial charge is 0.326 e. The highest BCUT2D eigenvalue weighted by molar-refractivity contribution is 6.07. The molecule has 1 fully saturated rings. The highest BCUT2D eigenvalue weighted by Gasteiger charge is 2.32. The van der Waals surface area contributed by atoms with E-state index in [1.54, 1.807) is 0 Å².